The zero-order chi connectivity index (χ0) is 18.4. The Morgan fingerprint density at radius 2 is 1.92 bits per heavy atom. The molecule has 9 heteroatoms. The molecule has 1 atom stereocenters. The number of benzene rings is 1. The summed E-state index contributed by atoms with van der Waals surface area (Å²) in [5, 5.41) is 9.21. The second-order valence-electron chi connectivity index (χ2n) is 5.38. The first-order chi connectivity index (χ1) is 12.6. The number of carbonyl (C=O) groups excluding carboxylic acids is 1. The minimum atomic E-state index is -1.48. The first kappa shape index (κ1) is 17.8. The number of anilines is 2. The highest BCUT2D eigenvalue weighted by Gasteiger charge is 2.14. The third-order valence-electron chi connectivity index (χ3n) is 3.35. The van der Waals surface area contributed by atoms with Gasteiger partial charge in [0.15, 0.2) is 4.90 Å². The second-order valence-corrected chi connectivity index (χ2v) is 6.59. The fourth-order valence-electron chi connectivity index (χ4n) is 2.09. The van der Waals surface area contributed by atoms with Crippen molar-refractivity contribution >= 4 is 28.9 Å². The molecule has 0 aliphatic rings. The van der Waals surface area contributed by atoms with Crippen LogP contribution in [0.1, 0.15) is 11.3 Å². The van der Waals surface area contributed by atoms with Gasteiger partial charge in [-0.25, -0.2) is 4.79 Å². The lowest BCUT2D eigenvalue weighted by Crippen LogP contribution is -2.28. The van der Waals surface area contributed by atoms with Gasteiger partial charge in [0, 0.05) is 30.7 Å². The maximum absolute atomic E-state index is 12.2. The minimum absolute atomic E-state index is 0.327. The molecule has 0 aliphatic heterocycles. The SMILES string of the molecule is Cc1cc(N[S+]([O-])c2ccc(NC(=O)NCc3ccncc3)cc2)no1. The molecule has 134 valence electrons. The van der Waals surface area contributed by atoms with Crippen molar-refractivity contribution in [2.45, 2.75) is 18.4 Å². The summed E-state index contributed by atoms with van der Waals surface area (Å²) in [6.07, 6.45) is 3.34. The van der Waals surface area contributed by atoms with Gasteiger partial charge in [-0.15, -0.1) is 0 Å². The number of aryl methyl sites for hydroxylation is 1. The van der Waals surface area contributed by atoms with Crippen LogP contribution < -0.4 is 15.4 Å². The van der Waals surface area contributed by atoms with Gasteiger partial charge in [-0.05, 0) is 48.9 Å². The van der Waals surface area contributed by atoms with E-state index >= 15 is 0 Å². The van der Waals surface area contributed by atoms with Crippen LogP contribution in [0.4, 0.5) is 16.3 Å². The van der Waals surface area contributed by atoms with Crippen LogP contribution in [-0.4, -0.2) is 20.7 Å². The molecule has 1 unspecified atom stereocenters. The molecule has 3 aromatic rings. The summed E-state index contributed by atoms with van der Waals surface area (Å²) in [5.74, 6) is 1.03. The van der Waals surface area contributed by atoms with Gasteiger partial charge in [-0.2, -0.15) is 4.72 Å². The number of carbonyl (C=O) groups is 1. The van der Waals surface area contributed by atoms with Gasteiger partial charge in [0.2, 0.25) is 5.82 Å². The van der Waals surface area contributed by atoms with Gasteiger partial charge in [0.1, 0.15) is 17.1 Å². The topological polar surface area (TPSA) is 115 Å². The van der Waals surface area contributed by atoms with Gasteiger partial charge in [0.05, 0.1) is 0 Å². The number of nitrogens with one attached hydrogen (secondary N) is 3. The molecular formula is C17H17N5O3S. The van der Waals surface area contributed by atoms with E-state index in [4.69, 9.17) is 4.52 Å². The molecule has 3 N–H and O–H groups in total. The van der Waals surface area contributed by atoms with E-state index in [-0.39, 0.29) is 6.03 Å². The Morgan fingerprint density at radius 3 is 2.58 bits per heavy atom. The molecule has 0 saturated carbocycles. The Labute approximate surface area is 153 Å². The molecule has 26 heavy (non-hydrogen) atoms. The van der Waals surface area contributed by atoms with Gasteiger partial charge in [-0.1, -0.05) is 5.16 Å². The van der Waals surface area contributed by atoms with Crippen LogP contribution in [-0.2, 0) is 17.9 Å². The fraction of sp³-hybridized carbons (Fsp3) is 0.118. The maximum atomic E-state index is 12.2. The van der Waals surface area contributed by atoms with Crippen molar-refractivity contribution in [3.05, 3.63) is 66.2 Å². The smallest absolute Gasteiger partial charge is 0.319 e. The van der Waals surface area contributed by atoms with Crippen LogP contribution in [0.2, 0.25) is 0 Å². The van der Waals surface area contributed by atoms with Crippen molar-refractivity contribution in [3.8, 4) is 0 Å². The van der Waals surface area contributed by atoms with E-state index < -0.39 is 11.4 Å². The highest BCUT2D eigenvalue weighted by Crippen LogP contribution is 2.18. The molecule has 0 spiro atoms. The maximum Gasteiger partial charge on any atom is 0.319 e. The van der Waals surface area contributed by atoms with E-state index in [2.05, 4.69) is 25.5 Å². The van der Waals surface area contributed by atoms with E-state index in [0.717, 1.165) is 5.56 Å². The Balaban J connectivity index is 1.51. The second kappa shape index (κ2) is 8.37. The van der Waals surface area contributed by atoms with Gasteiger partial charge in [0.25, 0.3) is 0 Å². The summed E-state index contributed by atoms with van der Waals surface area (Å²) >= 11 is -1.48. The third kappa shape index (κ3) is 4.98. The van der Waals surface area contributed by atoms with Gasteiger partial charge in [-0.3, -0.25) is 4.98 Å². The van der Waals surface area contributed by atoms with E-state index in [1.807, 2.05) is 12.1 Å². The Hall–Kier alpha value is -3.04. The molecule has 2 amide bonds. The minimum Gasteiger partial charge on any atom is -0.588 e. The Morgan fingerprint density at radius 1 is 1.19 bits per heavy atom. The monoisotopic (exact) mass is 371 g/mol. The fourth-order valence-corrected chi connectivity index (χ4v) is 2.88. The third-order valence-corrected chi connectivity index (χ3v) is 4.45. The van der Waals surface area contributed by atoms with Crippen LogP contribution in [0.3, 0.4) is 0 Å². The Bertz CT molecular complexity index is 854. The molecule has 0 saturated heterocycles. The van der Waals surface area contributed by atoms with Crippen LogP contribution >= 0.6 is 0 Å². The molecule has 8 nitrogen and oxygen atoms in total. The van der Waals surface area contributed by atoms with Crippen molar-refractivity contribution in [2.75, 3.05) is 10.0 Å². The van der Waals surface area contributed by atoms with E-state index in [9.17, 15) is 9.35 Å². The number of pyridine rings is 1. The largest absolute Gasteiger partial charge is 0.588 e. The van der Waals surface area contributed by atoms with Gasteiger partial charge < -0.3 is 19.7 Å². The van der Waals surface area contributed by atoms with E-state index in [0.29, 0.717) is 28.7 Å². The number of aromatic nitrogens is 2. The summed E-state index contributed by atoms with van der Waals surface area (Å²) in [7, 11) is 0. The zero-order valence-electron chi connectivity index (χ0n) is 13.9. The van der Waals surface area contributed by atoms with E-state index in [1.54, 1.807) is 49.6 Å². The van der Waals surface area contributed by atoms with Gasteiger partial charge >= 0.3 is 6.03 Å². The van der Waals surface area contributed by atoms with Crippen LogP contribution in [0.15, 0.2) is 64.3 Å². The average molecular weight is 371 g/mol. The molecule has 2 heterocycles. The number of rotatable bonds is 6. The average Bonchev–Trinajstić information content (AvgIpc) is 3.06. The molecule has 3 rings (SSSR count). The van der Waals surface area contributed by atoms with Crippen LogP contribution in [0.25, 0.3) is 0 Å². The summed E-state index contributed by atoms with van der Waals surface area (Å²) in [5.41, 5.74) is 1.55. The quantitative estimate of drug-likeness (QED) is 0.574. The summed E-state index contributed by atoms with van der Waals surface area (Å²) in [6, 6.07) is 11.7. The number of hydrogen-bond donors (Lipinski definition) is 3. The zero-order valence-corrected chi connectivity index (χ0v) is 14.7. The number of urea groups is 1. The number of amides is 2. The lowest BCUT2D eigenvalue weighted by atomic mass is 10.3. The number of hydrogen-bond acceptors (Lipinski definition) is 6. The molecule has 0 bridgehead atoms. The molecule has 1 aromatic carbocycles. The molecule has 2 aromatic heterocycles. The van der Waals surface area contributed by atoms with Crippen LogP contribution in [0.5, 0.6) is 0 Å². The predicted octanol–water partition coefficient (Wildman–Crippen LogP) is 2.83. The van der Waals surface area contributed by atoms with Crippen molar-refractivity contribution < 1.29 is 13.9 Å². The van der Waals surface area contributed by atoms with Crippen molar-refractivity contribution in [1.82, 2.24) is 15.5 Å². The predicted molar refractivity (Wildman–Crippen MR) is 97.8 cm³/mol. The van der Waals surface area contributed by atoms with Crippen LogP contribution in [0, 0.1) is 6.92 Å². The van der Waals surface area contributed by atoms with Crippen molar-refractivity contribution in [1.29, 1.82) is 0 Å². The highest BCUT2D eigenvalue weighted by atomic mass is 32.2. The van der Waals surface area contributed by atoms with Crippen molar-refractivity contribution in [2.24, 2.45) is 0 Å². The summed E-state index contributed by atoms with van der Waals surface area (Å²) < 4.78 is 19.9. The highest BCUT2D eigenvalue weighted by molar-refractivity contribution is 7.92. The summed E-state index contributed by atoms with van der Waals surface area (Å²) in [6.45, 7) is 2.15. The lowest BCUT2D eigenvalue weighted by Gasteiger charge is -2.10. The normalized spacial score (nSPS) is 11.6. The molecule has 0 radical (unpaired) electrons. The molecule has 0 aliphatic carbocycles. The molecular weight excluding hydrogens is 354 g/mol. The van der Waals surface area contributed by atoms with E-state index in [1.165, 1.54) is 0 Å². The number of nitrogens with zero attached hydrogens (tertiary/aromatic N) is 2. The lowest BCUT2D eigenvalue weighted by molar-refractivity contribution is 0.251. The molecule has 0 fully saturated rings. The first-order valence-electron chi connectivity index (χ1n) is 7.76. The standard InChI is InChI=1S/C17H17N5O3S/c1-12-10-16(21-25-12)22-26(24)15-4-2-14(3-5-15)20-17(23)19-11-13-6-8-18-9-7-13/h2-10H,11H2,1H3,(H,21,22)(H2,19,20,23). The van der Waals surface area contributed by atoms with Crippen molar-refractivity contribution in [3.63, 3.8) is 0 Å². The summed E-state index contributed by atoms with van der Waals surface area (Å²) in [4.78, 5) is 16.4. The first-order valence-corrected chi connectivity index (χ1v) is 8.91. The Kier molecular flexibility index (Phi) is 5.72.